The van der Waals surface area contributed by atoms with E-state index in [1.807, 2.05) is 0 Å². The van der Waals surface area contributed by atoms with Gasteiger partial charge in [0.1, 0.15) is 17.4 Å². The minimum atomic E-state index is -1.45. The number of nitrogens with zero attached hydrogens (tertiary/aromatic N) is 1. The quantitative estimate of drug-likeness (QED) is 0.169. The number of esters is 1. The van der Waals surface area contributed by atoms with Crippen molar-refractivity contribution in [3.05, 3.63) is 29.8 Å². The fourth-order valence-electron chi connectivity index (χ4n) is 2.80. The van der Waals surface area contributed by atoms with Gasteiger partial charge in [-0.05, 0) is 33.8 Å². The van der Waals surface area contributed by atoms with Gasteiger partial charge in [0.2, 0.25) is 5.91 Å². The Morgan fingerprint density at radius 2 is 1.88 bits per heavy atom. The molecule has 1 rings (SSSR count). The van der Waals surface area contributed by atoms with Gasteiger partial charge in [-0.3, -0.25) is 19.3 Å². The molecule has 2 unspecified atom stereocenters. The summed E-state index contributed by atoms with van der Waals surface area (Å²) in [7, 11) is 0. The highest BCUT2D eigenvalue weighted by Crippen LogP contribution is 2.29. The number of carbonyl (C=O) groups excluding carboxylic acids is 4. The van der Waals surface area contributed by atoms with Gasteiger partial charge in [0.15, 0.2) is 6.04 Å². The van der Waals surface area contributed by atoms with Gasteiger partial charge in [0.05, 0.1) is 13.0 Å². The highest BCUT2D eigenvalue weighted by molar-refractivity contribution is 7.80. The van der Waals surface area contributed by atoms with E-state index in [0.29, 0.717) is 0 Å². The zero-order chi connectivity index (χ0) is 25.9. The molecule has 0 aliphatic rings. The number of phenols is 1. The molecule has 0 fully saturated rings. The first kappa shape index (κ1) is 28.6. The molecule has 0 aliphatic carbocycles. The number of thiol groups is 1. The molecule has 34 heavy (non-hydrogen) atoms. The molecule has 0 radical (unpaired) electrons. The van der Waals surface area contributed by atoms with Gasteiger partial charge in [-0.2, -0.15) is 12.6 Å². The number of phenolic OH excluding ortho intramolecular Hbond substituents is 1. The van der Waals surface area contributed by atoms with Gasteiger partial charge in [-0.15, -0.1) is 0 Å². The summed E-state index contributed by atoms with van der Waals surface area (Å²) in [6.07, 6.45) is 4.63. The number of terminal acetylenes is 1. The lowest BCUT2D eigenvalue weighted by molar-refractivity contribution is -0.143. The van der Waals surface area contributed by atoms with E-state index in [2.05, 4.69) is 29.3 Å². The number of hydrogen-bond donors (Lipinski definition) is 4. The smallest absolute Gasteiger partial charge is 0.408 e. The van der Waals surface area contributed by atoms with E-state index in [4.69, 9.17) is 15.9 Å². The number of benzene rings is 1. The Labute approximate surface area is 204 Å². The molecule has 1 aromatic carbocycles. The van der Waals surface area contributed by atoms with Crippen LogP contribution in [0.25, 0.3) is 0 Å². The van der Waals surface area contributed by atoms with Gasteiger partial charge < -0.3 is 25.2 Å². The van der Waals surface area contributed by atoms with Crippen LogP contribution in [0.3, 0.4) is 0 Å². The van der Waals surface area contributed by atoms with E-state index in [0.717, 1.165) is 4.90 Å². The molecule has 0 aromatic heterocycles. The summed E-state index contributed by atoms with van der Waals surface area (Å²) in [5.74, 6) is -2.50. The molecule has 0 saturated heterocycles. The molecular weight excluding hydrogens is 462 g/mol. The van der Waals surface area contributed by atoms with Crippen molar-refractivity contribution < 1.29 is 33.8 Å². The molecule has 10 nitrogen and oxygen atoms in total. The summed E-state index contributed by atoms with van der Waals surface area (Å²) in [5, 5.41) is 15.3. The Morgan fingerprint density at radius 1 is 1.24 bits per heavy atom. The van der Waals surface area contributed by atoms with Crippen LogP contribution >= 0.6 is 12.6 Å². The summed E-state index contributed by atoms with van der Waals surface area (Å²) >= 11 is 4.11. The van der Waals surface area contributed by atoms with Gasteiger partial charge in [0, 0.05) is 23.9 Å². The van der Waals surface area contributed by atoms with Crippen LogP contribution in [0.15, 0.2) is 24.3 Å². The molecule has 186 valence electrons. The molecular formula is C23H31N3O7S. The predicted molar refractivity (Wildman–Crippen MR) is 128 cm³/mol. The topological polar surface area (TPSA) is 134 Å². The van der Waals surface area contributed by atoms with Crippen molar-refractivity contribution in [2.45, 2.75) is 51.8 Å². The van der Waals surface area contributed by atoms with Gasteiger partial charge in [-0.1, -0.05) is 24.6 Å². The molecule has 1 aromatic rings. The third-order valence-corrected chi connectivity index (χ3v) is 4.58. The van der Waals surface area contributed by atoms with E-state index in [-0.39, 0.29) is 36.6 Å². The average molecular weight is 494 g/mol. The highest BCUT2D eigenvalue weighted by atomic mass is 32.1. The third-order valence-electron chi connectivity index (χ3n) is 4.22. The maximum atomic E-state index is 13.2. The first-order valence-corrected chi connectivity index (χ1v) is 11.2. The third kappa shape index (κ3) is 8.86. The summed E-state index contributed by atoms with van der Waals surface area (Å²) in [5.41, 5.74) is -0.755. The van der Waals surface area contributed by atoms with E-state index in [1.165, 1.54) is 18.2 Å². The van der Waals surface area contributed by atoms with Gasteiger partial charge in [-0.25, -0.2) is 4.79 Å². The number of amides is 3. The van der Waals surface area contributed by atoms with Crippen molar-refractivity contribution in [1.29, 1.82) is 0 Å². The van der Waals surface area contributed by atoms with E-state index in [9.17, 15) is 24.3 Å². The minimum absolute atomic E-state index is 0.0533. The lowest BCUT2D eigenvalue weighted by Crippen LogP contribution is -2.52. The summed E-state index contributed by atoms with van der Waals surface area (Å²) in [6, 6.07) is 5.34. The van der Waals surface area contributed by atoms with Crippen LogP contribution in [0, 0.1) is 12.5 Å². The predicted octanol–water partition coefficient (Wildman–Crippen LogP) is 1.75. The number of ether oxygens (including phenoxy) is 2. The molecule has 0 spiro atoms. The molecule has 2 atom stereocenters. The molecule has 0 bridgehead atoms. The summed E-state index contributed by atoms with van der Waals surface area (Å²) in [6.45, 7) is 6.75. The number of rotatable bonds is 10. The molecule has 0 heterocycles. The van der Waals surface area contributed by atoms with Crippen molar-refractivity contribution in [2.24, 2.45) is 0 Å². The minimum Gasteiger partial charge on any atom is -0.508 e. The maximum absolute atomic E-state index is 13.2. The van der Waals surface area contributed by atoms with Crippen molar-refractivity contribution >= 4 is 36.5 Å². The number of hydrogen-bond acceptors (Lipinski definition) is 8. The zero-order valence-corrected chi connectivity index (χ0v) is 20.6. The van der Waals surface area contributed by atoms with Gasteiger partial charge in [0.25, 0.3) is 5.91 Å². The molecule has 0 aliphatic heterocycles. The summed E-state index contributed by atoms with van der Waals surface area (Å²) in [4.78, 5) is 50.8. The molecule has 3 N–H and O–H groups in total. The van der Waals surface area contributed by atoms with Crippen LogP contribution < -0.4 is 10.6 Å². The maximum Gasteiger partial charge on any atom is 0.408 e. The van der Waals surface area contributed by atoms with Crippen molar-refractivity contribution in [3.63, 3.8) is 0 Å². The molecule has 3 amide bonds. The lowest BCUT2D eigenvalue weighted by Gasteiger charge is -2.30. The van der Waals surface area contributed by atoms with Crippen LogP contribution in [0.2, 0.25) is 0 Å². The number of para-hydroxylation sites is 1. The van der Waals surface area contributed by atoms with E-state index in [1.54, 1.807) is 33.8 Å². The second-order valence-electron chi connectivity index (χ2n) is 8.03. The van der Waals surface area contributed by atoms with E-state index >= 15 is 0 Å². The lowest BCUT2D eigenvalue weighted by atomic mass is 10.0. The van der Waals surface area contributed by atoms with E-state index < -0.39 is 41.6 Å². The number of aromatic hydroxyl groups is 1. The fraction of sp³-hybridized carbons (Fsp3) is 0.478. The number of carbonyl (C=O) groups is 4. The first-order valence-electron chi connectivity index (χ1n) is 10.6. The average Bonchev–Trinajstić information content (AvgIpc) is 2.75. The Kier molecular flexibility index (Phi) is 11.2. The van der Waals surface area contributed by atoms with Crippen molar-refractivity contribution in [3.8, 4) is 18.2 Å². The zero-order valence-electron chi connectivity index (χ0n) is 19.7. The Morgan fingerprint density at radius 3 is 2.41 bits per heavy atom. The van der Waals surface area contributed by atoms with Crippen LogP contribution in [0.1, 0.15) is 45.7 Å². The van der Waals surface area contributed by atoms with Crippen LogP contribution in [0.4, 0.5) is 4.79 Å². The SMILES string of the molecule is C#CN(C(=O)C(CS)NC(=O)OC(C)(C)C)C(C(=O)NCCC(=O)OCC)c1ccccc1O. The fourth-order valence-corrected chi connectivity index (χ4v) is 3.05. The first-order chi connectivity index (χ1) is 15.9. The number of alkyl carbamates (subject to hydrolysis) is 1. The normalized spacial score (nSPS) is 12.5. The highest BCUT2D eigenvalue weighted by Gasteiger charge is 2.36. The largest absolute Gasteiger partial charge is 0.508 e. The second kappa shape index (κ2) is 13.3. The Bertz CT molecular complexity index is 924. The monoisotopic (exact) mass is 493 g/mol. The molecule has 11 heteroatoms. The number of nitrogens with one attached hydrogen (secondary N) is 2. The standard InChI is InChI=1S/C23H31N3O7S/c1-6-26(21(30)16(14-34)25-22(31)33-23(3,4)5)19(15-10-8-9-11-17(15)27)20(29)24-13-12-18(28)32-7-2/h1,8-11,16,19,27,34H,7,12-14H2,2-5H3,(H,24,29)(H,25,31). The Balaban J connectivity index is 3.19. The second-order valence-corrected chi connectivity index (χ2v) is 8.39. The van der Waals surface area contributed by atoms with Crippen LogP contribution in [0.5, 0.6) is 5.75 Å². The van der Waals surface area contributed by atoms with Gasteiger partial charge >= 0.3 is 12.1 Å². The van der Waals surface area contributed by atoms with Crippen LogP contribution in [-0.2, 0) is 23.9 Å². The summed E-state index contributed by atoms with van der Waals surface area (Å²) < 4.78 is 10.00. The van der Waals surface area contributed by atoms with Crippen molar-refractivity contribution in [2.75, 3.05) is 18.9 Å². The van der Waals surface area contributed by atoms with Crippen molar-refractivity contribution in [1.82, 2.24) is 15.5 Å². The van der Waals surface area contributed by atoms with Crippen LogP contribution in [-0.4, -0.2) is 64.4 Å². The Hall–Kier alpha value is -3.39. The molecule has 0 saturated carbocycles.